The first kappa shape index (κ1) is 173. The summed E-state index contributed by atoms with van der Waals surface area (Å²) in [5, 5.41) is 21.9. The predicted molar refractivity (Wildman–Crippen MR) is 302 cm³/mol. The van der Waals surface area contributed by atoms with E-state index in [-0.39, 0.29) is 209 Å². The third kappa shape index (κ3) is 101. The molecule has 0 bridgehead atoms. The fourth-order valence-electron chi connectivity index (χ4n) is 3.69. The van der Waals surface area contributed by atoms with Crippen LogP contribution in [0.5, 0.6) is 0 Å². The van der Waals surface area contributed by atoms with Crippen molar-refractivity contribution in [1.82, 2.24) is 5.32 Å². The summed E-state index contributed by atoms with van der Waals surface area (Å²) in [5.74, 6) is -2.27. The second kappa shape index (κ2) is 118. The van der Waals surface area contributed by atoms with E-state index in [0.717, 1.165) is 19.3 Å². The molecule has 0 fully saturated rings. The Labute approximate surface area is 397 Å². The van der Waals surface area contributed by atoms with E-state index in [1.54, 1.807) is 0 Å². The van der Waals surface area contributed by atoms with Gasteiger partial charge in [0.15, 0.2) is 5.78 Å². The van der Waals surface area contributed by atoms with Gasteiger partial charge < -0.3 is 25.0 Å². The molecular formula is C50H143NO8S. The quantitative estimate of drug-likeness (QED) is 0.0675. The van der Waals surface area contributed by atoms with Gasteiger partial charge in [0.25, 0.3) is 0 Å². The monoisotopic (exact) mass is 918 g/mol. The highest BCUT2D eigenvalue weighted by Crippen LogP contribution is 2.14. The molecule has 402 valence electrons. The van der Waals surface area contributed by atoms with E-state index in [1.807, 2.05) is 0 Å². The number of hydrogen-bond donors (Lipinski definition) is 3. The topological polar surface area (TPSA) is 139 Å². The number of ether oxygens (including phenoxy) is 2. The van der Waals surface area contributed by atoms with Crippen molar-refractivity contribution in [2.24, 2.45) is 5.92 Å². The lowest BCUT2D eigenvalue weighted by atomic mass is 10.00. The van der Waals surface area contributed by atoms with E-state index >= 15 is 0 Å². The molecule has 0 aromatic heterocycles. The number of aliphatic hydroxyl groups is 2. The van der Waals surface area contributed by atoms with Gasteiger partial charge in [0, 0.05) is 24.9 Å². The minimum Gasteiger partial charge on any atom is -0.469 e. The zero-order valence-electron chi connectivity index (χ0n) is 22.3. The molecule has 0 saturated carbocycles. The van der Waals surface area contributed by atoms with Crippen LogP contribution in [0.3, 0.4) is 0 Å². The second-order valence-electron chi connectivity index (χ2n) is 9.10. The number of rotatable bonds is 23. The van der Waals surface area contributed by atoms with E-state index in [1.165, 1.54) is 64.3 Å². The van der Waals surface area contributed by atoms with Gasteiger partial charge in [-0.3, -0.25) is 19.2 Å². The van der Waals surface area contributed by atoms with Crippen LogP contribution in [0, 0.1) is 5.92 Å². The van der Waals surface area contributed by atoms with Crippen molar-refractivity contribution in [3.63, 3.8) is 0 Å². The number of hydrogen-bond acceptors (Lipinski definition) is 9. The molecule has 0 saturated heterocycles. The van der Waals surface area contributed by atoms with Gasteiger partial charge in [-0.15, -0.1) is 0 Å². The van der Waals surface area contributed by atoms with Crippen LogP contribution in [-0.4, -0.2) is 77.8 Å². The van der Waals surface area contributed by atoms with Crippen molar-refractivity contribution in [3.05, 3.63) is 0 Å². The van der Waals surface area contributed by atoms with Gasteiger partial charge in [0.05, 0.1) is 38.2 Å². The van der Waals surface area contributed by atoms with Gasteiger partial charge in [-0.25, -0.2) is 0 Å². The van der Waals surface area contributed by atoms with E-state index in [9.17, 15) is 29.4 Å². The number of nitrogens with one attached hydrogen (secondary N) is 1. The number of unbranched alkanes of at least 4 members (excludes halogenated alkanes) is 8. The average Bonchev–Trinajstić information content (AvgIpc) is 2.84. The Bertz CT molecular complexity index is 639. The number of aliphatic hydroxyl groups excluding tert-OH is 2. The Morgan fingerprint density at radius 1 is 0.583 bits per heavy atom. The largest absolute Gasteiger partial charge is 0.469 e. The highest BCUT2D eigenvalue weighted by atomic mass is 32.2. The van der Waals surface area contributed by atoms with E-state index < -0.39 is 42.4 Å². The Balaban J connectivity index is -0.0000000222. The molecule has 0 spiro atoms. The smallest absolute Gasteiger partial charge is 0.311 e. The molecule has 60 heavy (non-hydrogen) atoms. The molecule has 0 radical (unpaired) electrons. The lowest BCUT2D eigenvalue weighted by Crippen LogP contribution is -2.43. The Hall–Kier alpha value is -1.65. The summed E-state index contributed by atoms with van der Waals surface area (Å²) in [6.45, 7) is 3.09. The molecule has 0 unspecified atom stereocenters. The molecule has 3 atom stereocenters. The summed E-state index contributed by atoms with van der Waals surface area (Å²) in [6.07, 6.45) is 10.4. The first-order chi connectivity index (χ1) is 17.2. The van der Waals surface area contributed by atoms with Crippen molar-refractivity contribution in [1.29, 1.82) is 0 Å². The zero-order valence-corrected chi connectivity index (χ0v) is 23.1. The fraction of sp³-hybridized carbons (Fsp3) is 0.920. The summed E-state index contributed by atoms with van der Waals surface area (Å²) >= 11 is 1.31. The lowest BCUT2D eigenvalue weighted by molar-refractivity contribution is -0.148. The van der Waals surface area contributed by atoms with Crippen LogP contribution < -0.4 is 5.32 Å². The van der Waals surface area contributed by atoms with Crippen LogP contribution in [0.4, 0.5) is 0 Å². The van der Waals surface area contributed by atoms with Crippen molar-refractivity contribution in [2.45, 2.75) is 281 Å². The van der Waals surface area contributed by atoms with Crippen LogP contribution in [0.1, 0.15) is 269 Å². The molecule has 0 aliphatic carbocycles. The maximum Gasteiger partial charge on any atom is 0.311 e. The number of methoxy groups -OCH3 is 1. The van der Waals surface area contributed by atoms with E-state index in [0.29, 0.717) is 12.2 Å². The summed E-state index contributed by atoms with van der Waals surface area (Å²) in [5.41, 5.74) is 0. The minimum atomic E-state index is -0.980. The van der Waals surface area contributed by atoms with Crippen LogP contribution in [0.15, 0.2) is 0 Å². The maximum atomic E-state index is 12.5. The highest BCUT2D eigenvalue weighted by molar-refractivity contribution is 7.99. The SMILES string of the molecule is C.C.C.C.C.C.C.C.C.C.C.C.C.C.C.C.C.C.C.C.C.C.C.C.CCCCCCCCCCC[C@@H](O)CC(=O)OCCSC[C@H](NC(C)=O)C(=O)C[C@@H](CO)C(=O)OC. The molecule has 9 nitrogen and oxygen atoms in total. The van der Waals surface area contributed by atoms with Crippen LogP contribution in [-0.2, 0) is 28.7 Å². The predicted octanol–water partition coefficient (Wildman–Crippen LogP) is 18.4. The zero-order chi connectivity index (χ0) is 27.2. The molecule has 0 heterocycles. The number of ketones is 1. The second-order valence-corrected chi connectivity index (χ2v) is 10.2. The number of Topliss-reactive ketones (excluding diaryl/α,β-unsaturated/α-hetero) is 1. The first-order valence-electron chi connectivity index (χ1n) is 13.1. The Morgan fingerprint density at radius 3 is 1.28 bits per heavy atom. The summed E-state index contributed by atoms with van der Waals surface area (Å²) in [4.78, 5) is 47.5. The van der Waals surface area contributed by atoms with Gasteiger partial charge in [0.1, 0.15) is 6.61 Å². The minimum absolute atomic E-state index is 0. The Morgan fingerprint density at radius 2 is 0.950 bits per heavy atom. The van der Waals surface area contributed by atoms with E-state index in [2.05, 4.69) is 17.0 Å². The van der Waals surface area contributed by atoms with Gasteiger partial charge in [0.2, 0.25) is 5.91 Å². The number of amides is 1. The molecule has 1 amide bonds. The number of carbonyl (C=O) groups excluding carboxylic acids is 4. The van der Waals surface area contributed by atoms with Crippen LogP contribution >= 0.6 is 11.8 Å². The van der Waals surface area contributed by atoms with Crippen molar-refractivity contribution < 1.29 is 38.9 Å². The van der Waals surface area contributed by atoms with Crippen molar-refractivity contribution in [3.8, 4) is 0 Å². The summed E-state index contributed by atoms with van der Waals surface area (Å²) in [7, 11) is 1.17. The summed E-state index contributed by atoms with van der Waals surface area (Å²) < 4.78 is 9.74. The fourth-order valence-corrected chi connectivity index (χ4v) is 4.57. The molecule has 0 aromatic carbocycles. The highest BCUT2D eigenvalue weighted by Gasteiger charge is 2.27. The molecule has 0 aromatic rings. The normalized spacial score (nSPS) is 8.08. The standard InChI is InChI=1S/C26H47NO8S.24CH4/c1-4-5-6-7-8-9-10-11-12-13-22(30)17-25(32)35-14-15-36-19-23(27-20(2)29)24(31)16-21(18-28)26(33)34-3;;;;;;;;;;;;;;;;;;;;;;;;/h21-23,28,30H,4-19H2,1-3H3,(H,27,29);24*1H4/t21-,22+,23-;;;;;;;;;;;;;;;;;;;;;;;;/m0......................../s1. The Kier molecular flexibility index (Phi) is 338. The molecule has 0 aliphatic rings. The first-order valence-corrected chi connectivity index (χ1v) is 14.3. The van der Waals surface area contributed by atoms with Crippen LogP contribution in [0.2, 0.25) is 0 Å². The van der Waals surface area contributed by atoms with Crippen molar-refractivity contribution in [2.75, 3.05) is 31.8 Å². The van der Waals surface area contributed by atoms with Gasteiger partial charge in [-0.2, -0.15) is 11.8 Å². The molecule has 3 N–H and O–H groups in total. The third-order valence-corrected chi connectivity index (χ3v) is 6.81. The number of thioether (sulfide) groups is 1. The molecule has 10 heteroatoms. The summed E-state index contributed by atoms with van der Waals surface area (Å²) in [6, 6.07) is -0.833. The van der Waals surface area contributed by atoms with Crippen LogP contribution in [0.25, 0.3) is 0 Å². The van der Waals surface area contributed by atoms with E-state index in [4.69, 9.17) is 4.74 Å². The number of esters is 2. The molecular weight excluding hydrogens is 775 g/mol. The van der Waals surface area contributed by atoms with Gasteiger partial charge in [-0.05, 0) is 6.42 Å². The van der Waals surface area contributed by atoms with Gasteiger partial charge in [-0.1, -0.05) is 243 Å². The number of carbonyl (C=O) groups is 4. The molecule has 0 rings (SSSR count). The van der Waals surface area contributed by atoms with Crippen molar-refractivity contribution >= 4 is 35.4 Å². The lowest BCUT2D eigenvalue weighted by Gasteiger charge is -2.19. The molecule has 0 aliphatic heterocycles. The maximum absolute atomic E-state index is 12.5. The third-order valence-electron chi connectivity index (χ3n) is 5.79. The van der Waals surface area contributed by atoms with Gasteiger partial charge >= 0.3 is 11.9 Å². The average molecular weight is 919 g/mol.